The molecule has 1 aromatic heterocycles. The topological polar surface area (TPSA) is 0 Å². The second kappa shape index (κ2) is 3.25. The van der Waals surface area contributed by atoms with Crippen LogP contribution >= 0.6 is 52.3 Å². The molecule has 0 fully saturated rings. The highest BCUT2D eigenvalue weighted by Gasteiger charge is 1.93. The average molecular weight is 274 g/mol. The van der Waals surface area contributed by atoms with E-state index in [1.165, 1.54) is 8.00 Å². The maximum Gasteiger partial charge on any atom is 0.0723 e. The van der Waals surface area contributed by atoms with Gasteiger partial charge in [0.25, 0.3) is 0 Å². The van der Waals surface area contributed by atoms with Crippen molar-refractivity contribution < 1.29 is 0 Å². The molecule has 0 saturated heterocycles. The van der Waals surface area contributed by atoms with Crippen molar-refractivity contribution in [2.24, 2.45) is 0 Å². The lowest BCUT2D eigenvalue weighted by Crippen LogP contribution is -1.38. The summed E-state index contributed by atoms with van der Waals surface area (Å²) < 4.78 is 2.45. The van der Waals surface area contributed by atoms with Crippen molar-refractivity contribution in [3.63, 3.8) is 0 Å². The predicted octanol–water partition coefficient (Wildman–Crippen LogP) is 3.91. The third-order valence-corrected chi connectivity index (χ3v) is 4.52. The van der Waals surface area contributed by atoms with Gasteiger partial charge in [-0.15, -0.1) is 11.3 Å². The SMILES string of the molecule is BrSc1ccc(Br)s1. The Morgan fingerprint density at radius 3 is 2.50 bits per heavy atom. The molecule has 0 aliphatic rings. The molecule has 0 bridgehead atoms. The van der Waals surface area contributed by atoms with Crippen molar-refractivity contribution in [1.82, 2.24) is 0 Å². The van der Waals surface area contributed by atoms with Gasteiger partial charge in [0, 0.05) is 0 Å². The van der Waals surface area contributed by atoms with Crippen LogP contribution in [0.4, 0.5) is 0 Å². The van der Waals surface area contributed by atoms with Crippen LogP contribution in [0.15, 0.2) is 20.1 Å². The Hall–Kier alpha value is 1.01. The summed E-state index contributed by atoms with van der Waals surface area (Å²) in [4.78, 5) is 0. The van der Waals surface area contributed by atoms with Crippen molar-refractivity contribution in [3.8, 4) is 0 Å². The first-order valence-corrected chi connectivity index (χ1v) is 6.14. The summed E-state index contributed by atoms with van der Waals surface area (Å²) in [5.74, 6) is 0. The molecule has 0 spiro atoms. The van der Waals surface area contributed by atoms with E-state index in [9.17, 15) is 0 Å². The van der Waals surface area contributed by atoms with Crippen molar-refractivity contribution in [2.45, 2.75) is 4.21 Å². The van der Waals surface area contributed by atoms with Crippen LogP contribution in [-0.4, -0.2) is 0 Å². The van der Waals surface area contributed by atoms with E-state index >= 15 is 0 Å². The standard InChI is InChI=1S/C4H2Br2S2/c5-3-1-2-4(7-3)8-6/h1-2H. The maximum atomic E-state index is 3.36. The fraction of sp³-hybridized carbons (Fsp3) is 0. The van der Waals surface area contributed by atoms with Crippen molar-refractivity contribution in [1.29, 1.82) is 0 Å². The van der Waals surface area contributed by atoms with Gasteiger partial charge in [0.15, 0.2) is 0 Å². The highest BCUT2D eigenvalue weighted by Crippen LogP contribution is 2.33. The lowest BCUT2D eigenvalue weighted by atomic mass is 10.7. The molecule has 0 N–H and O–H groups in total. The Morgan fingerprint density at radius 2 is 2.25 bits per heavy atom. The second-order valence-electron chi connectivity index (χ2n) is 1.14. The van der Waals surface area contributed by atoms with Crippen LogP contribution in [-0.2, 0) is 0 Å². The first-order chi connectivity index (χ1) is 3.83. The lowest BCUT2D eigenvalue weighted by molar-refractivity contribution is 1.76. The molecule has 0 unspecified atom stereocenters. The molecule has 0 saturated carbocycles. The van der Waals surface area contributed by atoms with E-state index in [4.69, 9.17) is 0 Å². The molecule has 1 heterocycles. The van der Waals surface area contributed by atoms with E-state index in [-0.39, 0.29) is 0 Å². The molecule has 0 aromatic carbocycles. The van der Waals surface area contributed by atoms with Gasteiger partial charge in [-0.2, -0.15) is 0 Å². The Labute approximate surface area is 72.0 Å². The third kappa shape index (κ3) is 1.76. The summed E-state index contributed by atoms with van der Waals surface area (Å²) in [6, 6.07) is 4.10. The number of thiophene rings is 1. The zero-order valence-corrected chi connectivity index (χ0v) is 8.53. The first kappa shape index (κ1) is 7.12. The van der Waals surface area contributed by atoms with Gasteiger partial charge in [-0.25, -0.2) is 0 Å². The summed E-state index contributed by atoms with van der Waals surface area (Å²) in [6.07, 6.45) is 0. The monoisotopic (exact) mass is 272 g/mol. The molecule has 0 atom stereocenters. The fourth-order valence-corrected chi connectivity index (χ4v) is 3.21. The minimum atomic E-state index is 1.18. The van der Waals surface area contributed by atoms with E-state index in [1.807, 2.05) is 6.07 Å². The minimum absolute atomic E-state index is 1.18. The van der Waals surface area contributed by atoms with Crippen molar-refractivity contribution in [3.05, 3.63) is 15.9 Å². The summed E-state index contributed by atoms with van der Waals surface area (Å²) in [5, 5.41) is 0. The van der Waals surface area contributed by atoms with Crippen LogP contribution in [0.5, 0.6) is 0 Å². The largest absolute Gasteiger partial charge is 0.121 e. The van der Waals surface area contributed by atoms with Gasteiger partial charge in [-0.3, -0.25) is 0 Å². The number of hydrogen-bond donors (Lipinski definition) is 0. The molecule has 0 radical (unpaired) electrons. The molecule has 0 aliphatic carbocycles. The van der Waals surface area contributed by atoms with E-state index in [1.54, 1.807) is 21.5 Å². The zero-order valence-electron chi connectivity index (χ0n) is 3.73. The Bertz CT molecular complexity index is 172. The Balaban J connectivity index is 2.84. The zero-order chi connectivity index (χ0) is 5.98. The molecule has 0 amide bonds. The smallest absolute Gasteiger partial charge is 0.0723 e. The van der Waals surface area contributed by atoms with E-state index in [0.29, 0.717) is 0 Å². The highest BCUT2D eigenvalue weighted by molar-refractivity contribution is 9.50. The molecule has 8 heavy (non-hydrogen) atoms. The second-order valence-corrected chi connectivity index (χ2v) is 5.42. The van der Waals surface area contributed by atoms with Crippen LogP contribution in [0, 0.1) is 0 Å². The molecule has 0 nitrogen and oxygen atoms in total. The first-order valence-electron chi connectivity index (χ1n) is 1.87. The maximum absolute atomic E-state index is 3.36. The van der Waals surface area contributed by atoms with Gasteiger partial charge in [0.05, 0.1) is 8.00 Å². The van der Waals surface area contributed by atoms with Crippen LogP contribution in [0.1, 0.15) is 0 Å². The molecule has 0 aliphatic heterocycles. The molecule has 1 aromatic rings. The summed E-state index contributed by atoms with van der Waals surface area (Å²) in [7, 11) is 1.59. The van der Waals surface area contributed by atoms with E-state index in [2.05, 4.69) is 36.8 Å². The van der Waals surface area contributed by atoms with Crippen LogP contribution < -0.4 is 0 Å². The normalized spacial score (nSPS) is 9.75. The Morgan fingerprint density at radius 1 is 1.50 bits per heavy atom. The Kier molecular flexibility index (Phi) is 2.89. The number of halogens is 2. The summed E-state index contributed by atoms with van der Waals surface area (Å²) in [6.45, 7) is 0. The molecule has 1 rings (SSSR count). The predicted molar refractivity (Wildman–Crippen MR) is 46.8 cm³/mol. The number of hydrogen-bond acceptors (Lipinski definition) is 2. The van der Waals surface area contributed by atoms with E-state index in [0.717, 1.165) is 0 Å². The van der Waals surface area contributed by atoms with Gasteiger partial charge in [0.1, 0.15) is 0 Å². The van der Waals surface area contributed by atoms with Crippen LogP contribution in [0.2, 0.25) is 0 Å². The molecule has 4 heteroatoms. The van der Waals surface area contributed by atoms with E-state index < -0.39 is 0 Å². The van der Waals surface area contributed by atoms with Gasteiger partial charge in [0.2, 0.25) is 0 Å². The van der Waals surface area contributed by atoms with Crippen molar-refractivity contribution >= 4 is 52.3 Å². The third-order valence-electron chi connectivity index (χ3n) is 0.625. The van der Waals surface area contributed by atoms with Gasteiger partial charge >= 0.3 is 0 Å². The van der Waals surface area contributed by atoms with Gasteiger partial charge in [-0.05, 0) is 53.1 Å². The highest BCUT2D eigenvalue weighted by atomic mass is 79.9. The molecular formula is C4H2Br2S2. The minimum Gasteiger partial charge on any atom is -0.121 e. The fourth-order valence-electron chi connectivity index (χ4n) is 0.339. The lowest BCUT2D eigenvalue weighted by Gasteiger charge is -1.77. The molecule has 44 valence electrons. The van der Waals surface area contributed by atoms with Gasteiger partial charge in [-0.1, -0.05) is 0 Å². The number of rotatable bonds is 1. The van der Waals surface area contributed by atoms with Crippen LogP contribution in [0.3, 0.4) is 0 Å². The summed E-state index contributed by atoms with van der Waals surface area (Å²) >= 11 is 8.35. The van der Waals surface area contributed by atoms with Gasteiger partial charge < -0.3 is 0 Å². The quantitative estimate of drug-likeness (QED) is 0.748. The van der Waals surface area contributed by atoms with Crippen LogP contribution in [0.25, 0.3) is 0 Å². The molecular weight excluding hydrogens is 272 g/mol. The van der Waals surface area contributed by atoms with Crippen molar-refractivity contribution in [2.75, 3.05) is 0 Å². The summed E-state index contributed by atoms with van der Waals surface area (Å²) in [5.41, 5.74) is 0. The average Bonchev–Trinajstić information content (AvgIpc) is 2.14.